The van der Waals surface area contributed by atoms with Crippen LogP contribution in [-0.4, -0.2) is 6.54 Å². The highest BCUT2D eigenvalue weighted by Gasteiger charge is 2.08. The maximum atomic E-state index is 6.07. The SMILES string of the molecule is Cc1ccc(CNCCC(C)(C)C)cc1Cl. The van der Waals surface area contributed by atoms with Crippen molar-refractivity contribution in [1.29, 1.82) is 0 Å². The third-order valence-corrected chi connectivity index (χ3v) is 3.02. The van der Waals surface area contributed by atoms with E-state index in [-0.39, 0.29) is 0 Å². The summed E-state index contributed by atoms with van der Waals surface area (Å²) in [5, 5.41) is 4.30. The van der Waals surface area contributed by atoms with Crippen LogP contribution in [0.5, 0.6) is 0 Å². The van der Waals surface area contributed by atoms with Crippen LogP contribution in [0.2, 0.25) is 5.02 Å². The van der Waals surface area contributed by atoms with Gasteiger partial charge in [0.15, 0.2) is 0 Å². The van der Waals surface area contributed by atoms with Crippen molar-refractivity contribution >= 4 is 11.6 Å². The van der Waals surface area contributed by atoms with Crippen molar-refractivity contribution in [2.24, 2.45) is 5.41 Å². The van der Waals surface area contributed by atoms with Crippen molar-refractivity contribution in [3.63, 3.8) is 0 Å². The summed E-state index contributed by atoms with van der Waals surface area (Å²) >= 11 is 6.07. The molecule has 0 amide bonds. The van der Waals surface area contributed by atoms with Gasteiger partial charge in [0.2, 0.25) is 0 Å². The number of aryl methyl sites for hydroxylation is 1. The molecule has 1 aromatic carbocycles. The van der Waals surface area contributed by atoms with Gasteiger partial charge in [-0.05, 0) is 42.5 Å². The van der Waals surface area contributed by atoms with E-state index in [9.17, 15) is 0 Å². The monoisotopic (exact) mass is 239 g/mol. The van der Waals surface area contributed by atoms with Crippen molar-refractivity contribution in [2.75, 3.05) is 6.54 Å². The topological polar surface area (TPSA) is 12.0 Å². The first kappa shape index (κ1) is 13.5. The van der Waals surface area contributed by atoms with E-state index >= 15 is 0 Å². The zero-order chi connectivity index (χ0) is 12.2. The molecule has 0 fully saturated rings. The molecule has 0 aliphatic heterocycles. The lowest BCUT2D eigenvalue weighted by atomic mass is 9.92. The third-order valence-electron chi connectivity index (χ3n) is 2.62. The van der Waals surface area contributed by atoms with Gasteiger partial charge in [-0.3, -0.25) is 0 Å². The number of rotatable bonds is 4. The fourth-order valence-corrected chi connectivity index (χ4v) is 1.65. The number of halogens is 1. The van der Waals surface area contributed by atoms with Gasteiger partial charge in [0.1, 0.15) is 0 Å². The van der Waals surface area contributed by atoms with E-state index < -0.39 is 0 Å². The molecule has 1 rings (SSSR count). The highest BCUT2D eigenvalue weighted by molar-refractivity contribution is 6.31. The maximum absolute atomic E-state index is 6.07. The predicted octanol–water partition coefficient (Wildman–Crippen LogP) is 4.17. The van der Waals surface area contributed by atoms with Gasteiger partial charge in [-0.25, -0.2) is 0 Å². The average molecular weight is 240 g/mol. The zero-order valence-electron chi connectivity index (χ0n) is 10.7. The van der Waals surface area contributed by atoms with Crippen LogP contribution < -0.4 is 5.32 Å². The summed E-state index contributed by atoms with van der Waals surface area (Å²) in [5.41, 5.74) is 2.79. The van der Waals surface area contributed by atoms with Gasteiger partial charge in [-0.2, -0.15) is 0 Å². The smallest absolute Gasteiger partial charge is 0.0438 e. The first-order chi connectivity index (χ1) is 7.38. The summed E-state index contributed by atoms with van der Waals surface area (Å²) in [5.74, 6) is 0. The van der Waals surface area contributed by atoms with E-state index in [0.717, 1.165) is 23.7 Å². The number of nitrogens with one attached hydrogen (secondary N) is 1. The molecular formula is C14H22ClN. The summed E-state index contributed by atoms with van der Waals surface area (Å²) in [6, 6.07) is 6.25. The van der Waals surface area contributed by atoms with E-state index in [1.165, 1.54) is 12.0 Å². The van der Waals surface area contributed by atoms with Crippen molar-refractivity contribution in [3.05, 3.63) is 34.3 Å². The van der Waals surface area contributed by atoms with Gasteiger partial charge in [-0.1, -0.05) is 44.5 Å². The summed E-state index contributed by atoms with van der Waals surface area (Å²) < 4.78 is 0. The molecule has 2 heteroatoms. The van der Waals surface area contributed by atoms with Crippen LogP contribution in [0.3, 0.4) is 0 Å². The van der Waals surface area contributed by atoms with Crippen LogP contribution >= 0.6 is 11.6 Å². The highest BCUT2D eigenvalue weighted by atomic mass is 35.5. The summed E-state index contributed by atoms with van der Waals surface area (Å²) in [4.78, 5) is 0. The van der Waals surface area contributed by atoms with E-state index in [0.29, 0.717) is 5.41 Å². The van der Waals surface area contributed by atoms with Gasteiger partial charge in [0, 0.05) is 11.6 Å². The Morgan fingerprint density at radius 2 is 1.94 bits per heavy atom. The molecule has 1 N–H and O–H groups in total. The van der Waals surface area contributed by atoms with Crippen LogP contribution in [0.25, 0.3) is 0 Å². The Balaban J connectivity index is 2.35. The Hall–Kier alpha value is -0.530. The normalized spacial score (nSPS) is 11.8. The van der Waals surface area contributed by atoms with Crippen molar-refractivity contribution in [1.82, 2.24) is 5.32 Å². The van der Waals surface area contributed by atoms with Gasteiger partial charge < -0.3 is 5.32 Å². The standard InChI is InChI=1S/C14H22ClN/c1-11-5-6-12(9-13(11)15)10-16-8-7-14(2,3)4/h5-6,9,16H,7-8,10H2,1-4H3. The number of hydrogen-bond acceptors (Lipinski definition) is 1. The van der Waals surface area contributed by atoms with Crippen molar-refractivity contribution in [3.8, 4) is 0 Å². The molecule has 0 aromatic heterocycles. The fraction of sp³-hybridized carbons (Fsp3) is 0.571. The first-order valence-corrected chi connectivity index (χ1v) is 6.22. The Labute approximate surface area is 104 Å². The lowest BCUT2D eigenvalue weighted by Gasteiger charge is -2.18. The average Bonchev–Trinajstić information content (AvgIpc) is 2.17. The maximum Gasteiger partial charge on any atom is 0.0438 e. The molecule has 0 unspecified atom stereocenters. The van der Waals surface area contributed by atoms with Gasteiger partial charge >= 0.3 is 0 Å². The molecule has 0 aliphatic carbocycles. The lowest BCUT2D eigenvalue weighted by molar-refractivity contribution is 0.366. The first-order valence-electron chi connectivity index (χ1n) is 5.84. The molecular weight excluding hydrogens is 218 g/mol. The lowest BCUT2D eigenvalue weighted by Crippen LogP contribution is -2.20. The molecule has 90 valence electrons. The summed E-state index contributed by atoms with van der Waals surface area (Å²) in [6.45, 7) is 10.8. The second kappa shape index (κ2) is 5.70. The summed E-state index contributed by atoms with van der Waals surface area (Å²) in [7, 11) is 0. The van der Waals surface area contributed by atoms with Crippen molar-refractivity contribution in [2.45, 2.75) is 40.7 Å². The molecule has 0 atom stereocenters. The van der Waals surface area contributed by atoms with Gasteiger partial charge in [0.25, 0.3) is 0 Å². The van der Waals surface area contributed by atoms with E-state index in [2.05, 4.69) is 38.2 Å². The third kappa shape index (κ3) is 5.00. The Kier molecular flexibility index (Phi) is 4.82. The summed E-state index contributed by atoms with van der Waals surface area (Å²) in [6.07, 6.45) is 1.19. The minimum absolute atomic E-state index is 0.401. The van der Waals surface area contributed by atoms with E-state index in [1.54, 1.807) is 0 Å². The van der Waals surface area contributed by atoms with Crippen LogP contribution in [0.4, 0.5) is 0 Å². The predicted molar refractivity (Wildman–Crippen MR) is 72.0 cm³/mol. The highest BCUT2D eigenvalue weighted by Crippen LogP contribution is 2.18. The quantitative estimate of drug-likeness (QED) is 0.778. The number of benzene rings is 1. The molecule has 0 aliphatic rings. The van der Waals surface area contributed by atoms with E-state index in [4.69, 9.17) is 11.6 Å². The van der Waals surface area contributed by atoms with Gasteiger partial charge in [0.05, 0.1) is 0 Å². The largest absolute Gasteiger partial charge is 0.313 e. The molecule has 1 nitrogen and oxygen atoms in total. The van der Waals surface area contributed by atoms with Crippen LogP contribution in [0.15, 0.2) is 18.2 Å². The minimum atomic E-state index is 0.401. The molecule has 0 saturated heterocycles. The zero-order valence-corrected chi connectivity index (χ0v) is 11.5. The van der Waals surface area contributed by atoms with Crippen LogP contribution in [0.1, 0.15) is 38.3 Å². The Morgan fingerprint density at radius 1 is 1.25 bits per heavy atom. The molecule has 0 heterocycles. The Bertz CT molecular complexity index is 339. The second-order valence-corrected chi connectivity index (χ2v) is 5.98. The fourth-order valence-electron chi connectivity index (χ4n) is 1.44. The number of hydrogen-bond donors (Lipinski definition) is 1. The molecule has 0 spiro atoms. The second-order valence-electron chi connectivity index (χ2n) is 5.57. The van der Waals surface area contributed by atoms with Crippen LogP contribution in [0, 0.1) is 12.3 Å². The molecule has 16 heavy (non-hydrogen) atoms. The van der Waals surface area contributed by atoms with Gasteiger partial charge in [-0.15, -0.1) is 0 Å². The van der Waals surface area contributed by atoms with Crippen molar-refractivity contribution < 1.29 is 0 Å². The minimum Gasteiger partial charge on any atom is -0.313 e. The molecule has 0 bridgehead atoms. The Morgan fingerprint density at radius 3 is 2.50 bits per heavy atom. The molecule has 1 aromatic rings. The molecule has 0 saturated carbocycles. The molecule has 0 radical (unpaired) electrons. The van der Waals surface area contributed by atoms with E-state index in [1.807, 2.05) is 13.0 Å². The van der Waals surface area contributed by atoms with Crippen LogP contribution in [-0.2, 0) is 6.54 Å².